The van der Waals surface area contributed by atoms with Crippen molar-refractivity contribution in [3.63, 3.8) is 0 Å². The lowest BCUT2D eigenvalue weighted by atomic mass is 10.0. The zero-order chi connectivity index (χ0) is 13.1. The van der Waals surface area contributed by atoms with Crippen LogP contribution in [0.4, 0.5) is 0 Å². The third kappa shape index (κ3) is 2.92. The highest BCUT2D eigenvalue weighted by Gasteiger charge is 2.15. The van der Waals surface area contributed by atoms with Gasteiger partial charge in [-0.2, -0.15) is 5.10 Å². The summed E-state index contributed by atoms with van der Waals surface area (Å²) in [4.78, 5) is 0. The number of aliphatic hydroxyl groups is 1. The minimum absolute atomic E-state index is 0.437. The molecule has 0 saturated heterocycles. The van der Waals surface area contributed by atoms with Crippen molar-refractivity contribution in [1.82, 2.24) is 9.78 Å². The molecule has 4 heteroatoms. The number of aromatic nitrogens is 2. The van der Waals surface area contributed by atoms with Crippen molar-refractivity contribution < 1.29 is 5.11 Å². The van der Waals surface area contributed by atoms with E-state index in [9.17, 15) is 5.11 Å². The molecule has 1 atom stereocenters. The Morgan fingerprint density at radius 3 is 2.50 bits per heavy atom. The molecule has 0 aliphatic carbocycles. The van der Waals surface area contributed by atoms with Gasteiger partial charge in [-0.25, -0.2) is 0 Å². The molecule has 96 valence electrons. The van der Waals surface area contributed by atoms with E-state index in [0.717, 1.165) is 16.8 Å². The topological polar surface area (TPSA) is 38.0 Å². The molecule has 1 N–H and O–H groups in total. The summed E-state index contributed by atoms with van der Waals surface area (Å²) >= 11 is 6.15. The second-order valence-corrected chi connectivity index (χ2v) is 4.88. The van der Waals surface area contributed by atoms with Crippen LogP contribution in [0.5, 0.6) is 0 Å². The molecule has 0 aliphatic rings. The Labute approximate surface area is 112 Å². The number of hydrogen-bond acceptors (Lipinski definition) is 2. The van der Waals surface area contributed by atoms with Crippen LogP contribution in [0.2, 0.25) is 5.15 Å². The molecule has 18 heavy (non-hydrogen) atoms. The van der Waals surface area contributed by atoms with Crippen molar-refractivity contribution in [3.8, 4) is 0 Å². The largest absolute Gasteiger partial charge is 0.392 e. The first-order valence-electron chi connectivity index (χ1n) is 5.98. The molecule has 0 radical (unpaired) electrons. The maximum absolute atomic E-state index is 10.1. The molecule has 0 fully saturated rings. The lowest BCUT2D eigenvalue weighted by Crippen LogP contribution is -2.14. The van der Waals surface area contributed by atoms with Gasteiger partial charge >= 0.3 is 0 Å². The third-order valence-electron chi connectivity index (χ3n) is 3.02. The summed E-state index contributed by atoms with van der Waals surface area (Å²) in [6, 6.07) is 9.95. The molecular formula is C14H17ClN2O. The van der Waals surface area contributed by atoms with E-state index in [1.54, 1.807) is 4.68 Å². The van der Waals surface area contributed by atoms with Crippen LogP contribution < -0.4 is 0 Å². The quantitative estimate of drug-likeness (QED) is 0.922. The van der Waals surface area contributed by atoms with Crippen LogP contribution >= 0.6 is 11.6 Å². The molecule has 0 amide bonds. The first kappa shape index (κ1) is 13.1. The number of aryl methyl sites for hydroxylation is 2. The van der Waals surface area contributed by atoms with Gasteiger partial charge in [-0.1, -0.05) is 41.9 Å². The van der Waals surface area contributed by atoms with Gasteiger partial charge in [-0.15, -0.1) is 0 Å². The molecule has 3 nitrogen and oxygen atoms in total. The smallest absolute Gasteiger partial charge is 0.130 e. The summed E-state index contributed by atoms with van der Waals surface area (Å²) in [6.07, 6.45) is 0.728. The number of halogens is 1. The Kier molecular flexibility index (Phi) is 4.04. The summed E-state index contributed by atoms with van der Waals surface area (Å²) in [6.45, 7) is 1.91. The third-order valence-corrected chi connectivity index (χ3v) is 3.50. The highest BCUT2D eigenvalue weighted by molar-refractivity contribution is 6.30. The van der Waals surface area contributed by atoms with Gasteiger partial charge in [0.05, 0.1) is 11.8 Å². The molecular weight excluding hydrogens is 248 g/mol. The Bertz CT molecular complexity index is 522. The Hall–Kier alpha value is -1.32. The molecule has 1 unspecified atom stereocenters. The number of rotatable bonds is 4. The average Bonchev–Trinajstić information content (AvgIpc) is 2.57. The summed E-state index contributed by atoms with van der Waals surface area (Å²) in [7, 11) is 1.81. The van der Waals surface area contributed by atoms with Gasteiger partial charge in [-0.3, -0.25) is 4.68 Å². The van der Waals surface area contributed by atoms with Gasteiger partial charge in [-0.05, 0) is 18.9 Å². The summed E-state index contributed by atoms with van der Waals surface area (Å²) in [5.41, 5.74) is 2.94. The van der Waals surface area contributed by atoms with E-state index in [2.05, 4.69) is 5.10 Å². The second kappa shape index (κ2) is 5.55. The SMILES string of the molecule is Cc1nn(C)c(Cl)c1CC(O)Cc1ccccc1. The van der Waals surface area contributed by atoms with Crippen LogP contribution in [-0.2, 0) is 19.9 Å². The fraction of sp³-hybridized carbons (Fsp3) is 0.357. The Balaban J connectivity index is 2.05. The predicted octanol–water partition coefficient (Wildman–Crippen LogP) is 2.53. The van der Waals surface area contributed by atoms with E-state index < -0.39 is 6.10 Å². The van der Waals surface area contributed by atoms with Crippen molar-refractivity contribution in [2.75, 3.05) is 0 Å². The van der Waals surface area contributed by atoms with Crippen molar-refractivity contribution in [2.45, 2.75) is 25.9 Å². The van der Waals surface area contributed by atoms with E-state index in [1.807, 2.05) is 44.3 Å². The lowest BCUT2D eigenvalue weighted by Gasteiger charge is -2.10. The van der Waals surface area contributed by atoms with E-state index in [0.29, 0.717) is 18.0 Å². The van der Waals surface area contributed by atoms with Crippen LogP contribution in [0.3, 0.4) is 0 Å². The molecule has 2 rings (SSSR count). The molecule has 1 aromatic carbocycles. The maximum atomic E-state index is 10.1. The average molecular weight is 265 g/mol. The fourth-order valence-electron chi connectivity index (χ4n) is 2.10. The van der Waals surface area contributed by atoms with Gasteiger partial charge < -0.3 is 5.11 Å². The maximum Gasteiger partial charge on any atom is 0.130 e. The number of benzene rings is 1. The van der Waals surface area contributed by atoms with Crippen LogP contribution in [0.1, 0.15) is 16.8 Å². The Morgan fingerprint density at radius 1 is 1.28 bits per heavy atom. The molecule has 1 aromatic heterocycles. The summed E-state index contributed by atoms with van der Waals surface area (Å²) < 4.78 is 1.64. The van der Waals surface area contributed by atoms with Crippen LogP contribution in [0.25, 0.3) is 0 Å². The summed E-state index contributed by atoms with van der Waals surface area (Å²) in [5, 5.41) is 15.0. The zero-order valence-corrected chi connectivity index (χ0v) is 11.4. The van der Waals surface area contributed by atoms with Crippen LogP contribution in [0, 0.1) is 6.92 Å². The molecule has 0 saturated carbocycles. The number of hydrogen-bond donors (Lipinski definition) is 1. The van der Waals surface area contributed by atoms with Gasteiger partial charge in [0.15, 0.2) is 0 Å². The highest BCUT2D eigenvalue weighted by Crippen LogP contribution is 2.21. The predicted molar refractivity (Wildman–Crippen MR) is 72.8 cm³/mol. The van der Waals surface area contributed by atoms with Gasteiger partial charge in [0.1, 0.15) is 5.15 Å². The molecule has 0 aliphatic heterocycles. The van der Waals surface area contributed by atoms with Gasteiger partial charge in [0.2, 0.25) is 0 Å². The highest BCUT2D eigenvalue weighted by atomic mass is 35.5. The molecule has 2 aromatic rings. The van der Waals surface area contributed by atoms with Crippen molar-refractivity contribution in [3.05, 3.63) is 52.3 Å². The minimum atomic E-state index is -0.437. The number of nitrogens with zero attached hydrogens (tertiary/aromatic N) is 2. The van der Waals surface area contributed by atoms with E-state index in [-0.39, 0.29) is 0 Å². The van der Waals surface area contributed by atoms with Crippen LogP contribution in [-0.4, -0.2) is 21.0 Å². The zero-order valence-electron chi connectivity index (χ0n) is 10.6. The summed E-state index contributed by atoms with van der Waals surface area (Å²) in [5.74, 6) is 0. The number of aliphatic hydroxyl groups excluding tert-OH is 1. The Morgan fingerprint density at radius 2 is 1.94 bits per heavy atom. The molecule has 0 spiro atoms. The first-order chi connectivity index (χ1) is 8.58. The minimum Gasteiger partial charge on any atom is -0.392 e. The molecule has 0 bridgehead atoms. The van der Waals surface area contributed by atoms with E-state index >= 15 is 0 Å². The van der Waals surface area contributed by atoms with E-state index in [4.69, 9.17) is 11.6 Å². The van der Waals surface area contributed by atoms with Crippen molar-refractivity contribution >= 4 is 11.6 Å². The first-order valence-corrected chi connectivity index (χ1v) is 6.35. The normalized spacial score (nSPS) is 12.7. The van der Waals surface area contributed by atoms with E-state index in [1.165, 1.54) is 0 Å². The fourth-order valence-corrected chi connectivity index (χ4v) is 2.35. The lowest BCUT2D eigenvalue weighted by molar-refractivity contribution is 0.175. The van der Waals surface area contributed by atoms with Crippen molar-refractivity contribution in [1.29, 1.82) is 0 Å². The van der Waals surface area contributed by atoms with Crippen molar-refractivity contribution in [2.24, 2.45) is 7.05 Å². The standard InChI is InChI=1S/C14H17ClN2O/c1-10-13(14(15)17(2)16-10)9-12(18)8-11-6-4-3-5-7-11/h3-7,12,18H,8-9H2,1-2H3. The van der Waals surface area contributed by atoms with Crippen LogP contribution in [0.15, 0.2) is 30.3 Å². The monoisotopic (exact) mass is 264 g/mol. The molecule has 1 heterocycles. The van der Waals surface area contributed by atoms with Gasteiger partial charge in [0, 0.05) is 19.0 Å². The van der Waals surface area contributed by atoms with Gasteiger partial charge in [0.25, 0.3) is 0 Å². The second-order valence-electron chi connectivity index (χ2n) is 4.53.